The summed E-state index contributed by atoms with van der Waals surface area (Å²) in [6.45, 7) is 5.26. The molecule has 12 nitrogen and oxygen atoms in total. The molecule has 0 spiro atoms. The van der Waals surface area contributed by atoms with E-state index in [-0.39, 0.29) is 46.7 Å². The first-order valence-electron chi connectivity index (χ1n) is 15.2. The summed E-state index contributed by atoms with van der Waals surface area (Å²) in [7, 11) is 0. The highest BCUT2D eigenvalue weighted by Gasteiger charge is 2.39. The number of nitrogens with one attached hydrogen (secondary N) is 2. The molecule has 4 heterocycles. The fourth-order valence-corrected chi connectivity index (χ4v) is 7.04. The van der Waals surface area contributed by atoms with E-state index in [1.165, 1.54) is 6.07 Å². The third kappa shape index (κ3) is 5.48. The highest BCUT2D eigenvalue weighted by molar-refractivity contribution is 9.10. The van der Waals surface area contributed by atoms with Crippen LogP contribution in [-0.2, 0) is 22.7 Å². The number of halogens is 1. The first-order valence-corrected chi connectivity index (χ1v) is 16.0. The van der Waals surface area contributed by atoms with Crippen molar-refractivity contribution in [3.8, 4) is 0 Å². The average molecular weight is 689 g/mol. The minimum atomic E-state index is -0.645. The summed E-state index contributed by atoms with van der Waals surface area (Å²) in [6, 6.07) is 11.1. The molecule has 4 aliphatic rings. The third-order valence-corrected chi connectivity index (χ3v) is 9.82. The second-order valence-corrected chi connectivity index (χ2v) is 12.8. The maximum atomic E-state index is 13.1. The van der Waals surface area contributed by atoms with Crippen molar-refractivity contribution in [1.82, 2.24) is 25.3 Å². The molecule has 46 heavy (non-hydrogen) atoms. The molecule has 2 N–H and O–H groups in total. The number of piperazine rings is 1. The van der Waals surface area contributed by atoms with Gasteiger partial charge in [0.1, 0.15) is 6.04 Å². The molecule has 2 fully saturated rings. The van der Waals surface area contributed by atoms with E-state index in [9.17, 15) is 28.8 Å². The van der Waals surface area contributed by atoms with Gasteiger partial charge in [-0.2, -0.15) is 0 Å². The lowest BCUT2D eigenvalue weighted by Gasteiger charge is -2.35. The number of carbonyl (C=O) groups is 6. The van der Waals surface area contributed by atoms with Crippen molar-refractivity contribution in [1.29, 1.82) is 0 Å². The van der Waals surface area contributed by atoms with Crippen molar-refractivity contribution in [2.24, 2.45) is 0 Å². The number of ketones is 2. The lowest BCUT2D eigenvalue weighted by molar-refractivity contribution is -0.136. The van der Waals surface area contributed by atoms with Crippen molar-refractivity contribution in [3.63, 3.8) is 0 Å². The predicted octanol–water partition coefficient (Wildman–Crippen LogP) is 2.13. The number of fused-ring (bicyclic) bond motifs is 3. The van der Waals surface area contributed by atoms with Crippen LogP contribution in [0.1, 0.15) is 76.9 Å². The van der Waals surface area contributed by atoms with Gasteiger partial charge in [0.05, 0.1) is 5.56 Å². The highest BCUT2D eigenvalue weighted by atomic mass is 79.9. The van der Waals surface area contributed by atoms with Gasteiger partial charge in [0.15, 0.2) is 17.3 Å². The quantitative estimate of drug-likeness (QED) is 0.279. The molecule has 3 aliphatic heterocycles. The minimum absolute atomic E-state index is 0.0637. The number of furan rings is 1. The van der Waals surface area contributed by atoms with Crippen molar-refractivity contribution >= 4 is 51.1 Å². The van der Waals surface area contributed by atoms with Gasteiger partial charge in [-0.25, -0.2) is 0 Å². The van der Waals surface area contributed by atoms with Crippen LogP contribution in [0.3, 0.4) is 0 Å². The molecule has 13 heteroatoms. The molecule has 0 radical (unpaired) electrons. The SMILES string of the molecule is O=C1CCC(N2Cc3cc(CN4CCN(CCNC(=O)c5cc6c(o5)C(=O)c5ccccc5C6=O)CC4)c(Br)cc3C2=O)C(=O)N1. The zero-order valence-corrected chi connectivity index (χ0v) is 26.4. The summed E-state index contributed by atoms with van der Waals surface area (Å²) < 4.78 is 6.39. The molecule has 7 rings (SSSR count). The van der Waals surface area contributed by atoms with Gasteiger partial charge in [0.2, 0.25) is 17.6 Å². The molecule has 2 aromatic carbocycles. The van der Waals surface area contributed by atoms with Gasteiger partial charge in [-0.1, -0.05) is 46.3 Å². The summed E-state index contributed by atoms with van der Waals surface area (Å²) in [4.78, 5) is 81.6. The van der Waals surface area contributed by atoms with Gasteiger partial charge in [0.25, 0.3) is 11.8 Å². The normalized spacial score (nSPS) is 20.0. The van der Waals surface area contributed by atoms with E-state index in [0.717, 1.165) is 41.8 Å². The Morgan fingerprint density at radius 3 is 2.37 bits per heavy atom. The molecule has 1 atom stereocenters. The Balaban J connectivity index is 0.897. The molecule has 2 saturated heterocycles. The van der Waals surface area contributed by atoms with Gasteiger partial charge in [0, 0.05) is 86.0 Å². The summed E-state index contributed by atoms with van der Waals surface area (Å²) in [6.07, 6.45) is 0.545. The topological polar surface area (TPSA) is 149 Å². The summed E-state index contributed by atoms with van der Waals surface area (Å²) in [5.74, 6) is -2.31. The van der Waals surface area contributed by atoms with Crippen LogP contribution in [0.15, 0.2) is 51.4 Å². The Kier molecular flexibility index (Phi) is 7.91. The van der Waals surface area contributed by atoms with Crippen molar-refractivity contribution in [3.05, 3.63) is 91.8 Å². The maximum absolute atomic E-state index is 13.1. The van der Waals surface area contributed by atoms with E-state index in [0.29, 0.717) is 43.7 Å². The Bertz CT molecular complexity index is 1770. The molecule has 1 aliphatic carbocycles. The van der Waals surface area contributed by atoms with E-state index in [1.54, 1.807) is 29.2 Å². The van der Waals surface area contributed by atoms with E-state index >= 15 is 0 Å². The van der Waals surface area contributed by atoms with Crippen molar-refractivity contribution in [2.75, 3.05) is 39.3 Å². The van der Waals surface area contributed by atoms with E-state index < -0.39 is 23.6 Å². The molecule has 1 aromatic heterocycles. The number of nitrogens with zero attached hydrogens (tertiary/aromatic N) is 3. The first-order chi connectivity index (χ1) is 22.2. The fraction of sp³-hybridized carbons (Fsp3) is 0.333. The van der Waals surface area contributed by atoms with Crippen LogP contribution in [-0.4, -0.2) is 95.2 Å². The summed E-state index contributed by atoms with van der Waals surface area (Å²) in [5, 5.41) is 5.17. The number of imide groups is 1. The van der Waals surface area contributed by atoms with Gasteiger partial charge in [-0.3, -0.25) is 43.9 Å². The summed E-state index contributed by atoms with van der Waals surface area (Å²) in [5.41, 5.74) is 3.19. The average Bonchev–Trinajstić information content (AvgIpc) is 3.63. The molecule has 0 bridgehead atoms. The molecule has 4 amide bonds. The number of carbonyl (C=O) groups excluding carboxylic acids is 6. The van der Waals surface area contributed by atoms with Gasteiger partial charge in [-0.05, 0) is 23.6 Å². The zero-order valence-electron chi connectivity index (χ0n) is 24.8. The van der Waals surface area contributed by atoms with Crippen molar-refractivity contribution in [2.45, 2.75) is 32.0 Å². The Labute approximate surface area is 272 Å². The van der Waals surface area contributed by atoms with Crippen LogP contribution in [0.25, 0.3) is 0 Å². The number of rotatable bonds is 7. The van der Waals surface area contributed by atoms with Crippen LogP contribution in [0.4, 0.5) is 0 Å². The van der Waals surface area contributed by atoms with Gasteiger partial charge < -0.3 is 14.6 Å². The van der Waals surface area contributed by atoms with Crippen LogP contribution in [0.2, 0.25) is 0 Å². The summed E-state index contributed by atoms with van der Waals surface area (Å²) >= 11 is 3.63. The number of amides is 4. The Morgan fingerprint density at radius 2 is 1.63 bits per heavy atom. The predicted molar refractivity (Wildman–Crippen MR) is 166 cm³/mol. The molecular weight excluding hydrogens is 658 g/mol. The minimum Gasteiger partial charge on any atom is -0.447 e. The largest absolute Gasteiger partial charge is 0.447 e. The Morgan fingerprint density at radius 1 is 0.913 bits per heavy atom. The molecular formula is C33H30BrN5O7. The standard InChI is InChI=1S/C33H30BrN5O7/c34-24-14-22-18(17-39(33(22)45)25-5-6-27(40)36-31(25)43)13-19(24)16-38-11-9-37(10-12-38)8-7-35-32(44)26-15-23-28(41)20-3-1-2-4-21(20)29(42)30(23)46-26/h1-4,13-15,25H,5-12,16-17H2,(H,35,44)(H,36,40,43). The van der Waals surface area contributed by atoms with Crippen LogP contribution in [0, 0.1) is 0 Å². The zero-order chi connectivity index (χ0) is 32.1. The molecule has 0 saturated carbocycles. The van der Waals surface area contributed by atoms with E-state index in [4.69, 9.17) is 4.42 Å². The number of benzene rings is 2. The second kappa shape index (κ2) is 12.0. The lowest BCUT2D eigenvalue weighted by atomic mass is 9.89. The molecule has 236 valence electrons. The van der Waals surface area contributed by atoms with E-state index in [2.05, 4.69) is 36.4 Å². The fourth-order valence-electron chi connectivity index (χ4n) is 6.57. The number of piperidine rings is 1. The van der Waals surface area contributed by atoms with Crippen LogP contribution < -0.4 is 10.6 Å². The van der Waals surface area contributed by atoms with Crippen LogP contribution in [0.5, 0.6) is 0 Å². The number of hydrogen-bond donors (Lipinski definition) is 2. The van der Waals surface area contributed by atoms with Gasteiger partial charge in [-0.15, -0.1) is 0 Å². The molecule has 1 unspecified atom stereocenters. The monoisotopic (exact) mass is 687 g/mol. The number of hydrogen-bond acceptors (Lipinski definition) is 9. The Hall–Kier alpha value is -4.46. The van der Waals surface area contributed by atoms with E-state index in [1.807, 2.05) is 12.1 Å². The highest BCUT2D eigenvalue weighted by Crippen LogP contribution is 2.33. The van der Waals surface area contributed by atoms with Crippen molar-refractivity contribution < 1.29 is 33.2 Å². The van der Waals surface area contributed by atoms with Gasteiger partial charge >= 0.3 is 0 Å². The maximum Gasteiger partial charge on any atom is 0.287 e. The van der Waals surface area contributed by atoms with Crippen LogP contribution >= 0.6 is 15.9 Å². The first kappa shape index (κ1) is 30.2. The smallest absolute Gasteiger partial charge is 0.287 e. The molecule has 3 aromatic rings. The third-order valence-electron chi connectivity index (χ3n) is 9.09. The lowest BCUT2D eigenvalue weighted by Crippen LogP contribution is -2.52. The second-order valence-electron chi connectivity index (χ2n) is 11.9.